The van der Waals surface area contributed by atoms with Gasteiger partial charge in [0.15, 0.2) is 22.3 Å². The Bertz CT molecular complexity index is 1710. The lowest BCUT2D eigenvalue weighted by Crippen LogP contribution is -2.03. The highest BCUT2D eigenvalue weighted by atomic mass is 16.5. The van der Waals surface area contributed by atoms with E-state index in [9.17, 15) is 24.9 Å². The van der Waals surface area contributed by atoms with Gasteiger partial charge in [-0.2, -0.15) is 0 Å². The molecule has 174 valence electrons. The summed E-state index contributed by atoms with van der Waals surface area (Å²) in [4.78, 5) is 24.9. The fraction of sp³-hybridized carbons (Fsp3) is 0.111. The van der Waals surface area contributed by atoms with Crippen molar-refractivity contribution in [3.05, 3.63) is 75.9 Å². The smallest absolute Gasteiger partial charge is 0.307 e. The highest BCUT2D eigenvalue weighted by Crippen LogP contribution is 2.47. The number of hydrogen-bond acceptors (Lipinski definition) is 7. The van der Waals surface area contributed by atoms with Crippen LogP contribution in [0.2, 0.25) is 0 Å². The number of carbonyl (C=O) groups is 1. The van der Waals surface area contributed by atoms with Gasteiger partial charge in [-0.25, -0.2) is 0 Å². The maximum absolute atomic E-state index is 13.0. The number of aromatic hydroxyl groups is 2. The number of hydrogen-bond donors (Lipinski definition) is 3. The standard InChI is InChI=1S/C27H18O8/c28-17-12-19(13-4-2-1-3-5-13)34-26-21-16(11-20(29)30)25(35-27(21)24(32)23(31)22(17)26)15-6-7-18-14(10-15)8-9-33-18/h1-7,10,12,31-32H,8-9,11H2,(H,29,30). The van der Waals surface area contributed by atoms with Crippen molar-refractivity contribution in [3.8, 4) is 39.9 Å². The van der Waals surface area contributed by atoms with Crippen LogP contribution in [0, 0.1) is 0 Å². The van der Waals surface area contributed by atoms with Crippen LogP contribution in [0.15, 0.2) is 68.2 Å². The van der Waals surface area contributed by atoms with Crippen LogP contribution in [-0.2, 0) is 17.6 Å². The van der Waals surface area contributed by atoms with Crippen molar-refractivity contribution >= 4 is 27.9 Å². The summed E-state index contributed by atoms with van der Waals surface area (Å²) in [5.74, 6) is -1.31. The molecule has 0 radical (unpaired) electrons. The maximum atomic E-state index is 13.0. The molecule has 0 saturated heterocycles. The Morgan fingerprint density at radius 2 is 1.69 bits per heavy atom. The van der Waals surface area contributed by atoms with Gasteiger partial charge in [0.2, 0.25) is 5.75 Å². The Morgan fingerprint density at radius 1 is 0.886 bits per heavy atom. The zero-order valence-corrected chi connectivity index (χ0v) is 18.2. The van der Waals surface area contributed by atoms with E-state index in [0.29, 0.717) is 24.2 Å². The maximum Gasteiger partial charge on any atom is 0.307 e. The lowest BCUT2D eigenvalue weighted by molar-refractivity contribution is -0.136. The number of carboxylic acid groups (broad SMARTS) is 1. The summed E-state index contributed by atoms with van der Waals surface area (Å²) in [5.41, 5.74) is 1.56. The first kappa shape index (κ1) is 20.9. The first-order chi connectivity index (χ1) is 16.9. The van der Waals surface area contributed by atoms with E-state index in [2.05, 4.69) is 0 Å². The molecule has 3 heterocycles. The van der Waals surface area contributed by atoms with E-state index in [0.717, 1.165) is 11.3 Å². The van der Waals surface area contributed by atoms with Crippen LogP contribution in [0.25, 0.3) is 44.6 Å². The third kappa shape index (κ3) is 3.22. The van der Waals surface area contributed by atoms with Gasteiger partial charge in [-0.05, 0) is 23.8 Å². The minimum Gasteiger partial charge on any atom is -0.504 e. The summed E-state index contributed by atoms with van der Waals surface area (Å²) in [6.07, 6.45) is 0.233. The highest BCUT2D eigenvalue weighted by molar-refractivity contribution is 6.13. The van der Waals surface area contributed by atoms with Crippen LogP contribution in [0.3, 0.4) is 0 Å². The van der Waals surface area contributed by atoms with Crippen molar-refractivity contribution in [3.63, 3.8) is 0 Å². The Labute approximate surface area is 197 Å². The van der Waals surface area contributed by atoms with Gasteiger partial charge >= 0.3 is 5.97 Å². The molecule has 35 heavy (non-hydrogen) atoms. The van der Waals surface area contributed by atoms with Crippen LogP contribution in [0.4, 0.5) is 0 Å². The van der Waals surface area contributed by atoms with Gasteiger partial charge in [0.1, 0.15) is 22.7 Å². The second-order valence-corrected chi connectivity index (χ2v) is 8.35. The molecular weight excluding hydrogens is 452 g/mol. The van der Waals surface area contributed by atoms with Gasteiger partial charge in [0, 0.05) is 29.2 Å². The summed E-state index contributed by atoms with van der Waals surface area (Å²) in [6, 6.07) is 15.5. The molecule has 8 heteroatoms. The van der Waals surface area contributed by atoms with E-state index in [1.165, 1.54) is 6.07 Å². The number of benzene rings is 3. The lowest BCUT2D eigenvalue weighted by atomic mass is 9.99. The molecule has 0 atom stereocenters. The zero-order valence-electron chi connectivity index (χ0n) is 18.2. The number of phenolic OH excluding ortho intramolecular Hbond substituents is 2. The van der Waals surface area contributed by atoms with Gasteiger partial charge in [-0.1, -0.05) is 30.3 Å². The summed E-state index contributed by atoms with van der Waals surface area (Å²) in [7, 11) is 0. The number of carboxylic acids is 1. The summed E-state index contributed by atoms with van der Waals surface area (Å²) in [5, 5.41) is 31.0. The molecule has 0 spiro atoms. The number of ether oxygens (including phenoxy) is 1. The van der Waals surface area contributed by atoms with E-state index in [1.807, 2.05) is 12.1 Å². The topological polar surface area (TPSA) is 130 Å². The molecule has 0 bridgehead atoms. The van der Waals surface area contributed by atoms with Crippen molar-refractivity contribution in [1.82, 2.24) is 0 Å². The predicted octanol–water partition coefficient (Wildman–Crippen LogP) is 4.85. The van der Waals surface area contributed by atoms with Gasteiger partial charge in [-0.15, -0.1) is 0 Å². The first-order valence-corrected chi connectivity index (χ1v) is 10.9. The number of furan rings is 1. The lowest BCUT2D eigenvalue weighted by Gasteiger charge is -2.08. The van der Waals surface area contributed by atoms with Crippen molar-refractivity contribution in [2.75, 3.05) is 6.61 Å². The summed E-state index contributed by atoms with van der Waals surface area (Å²) in [6.45, 7) is 0.549. The second-order valence-electron chi connectivity index (χ2n) is 8.35. The number of aliphatic carboxylic acids is 1. The van der Waals surface area contributed by atoms with E-state index >= 15 is 0 Å². The molecule has 0 amide bonds. The molecule has 1 aliphatic rings. The fourth-order valence-corrected chi connectivity index (χ4v) is 4.62. The summed E-state index contributed by atoms with van der Waals surface area (Å²) < 4.78 is 17.6. The predicted molar refractivity (Wildman–Crippen MR) is 127 cm³/mol. The van der Waals surface area contributed by atoms with Crippen molar-refractivity contribution in [2.45, 2.75) is 12.8 Å². The molecule has 3 N–H and O–H groups in total. The van der Waals surface area contributed by atoms with E-state index in [1.54, 1.807) is 36.4 Å². The number of fused-ring (bicyclic) bond motifs is 4. The quantitative estimate of drug-likeness (QED) is 0.318. The molecule has 1 aliphatic heterocycles. The zero-order chi connectivity index (χ0) is 24.3. The third-order valence-electron chi connectivity index (χ3n) is 6.20. The van der Waals surface area contributed by atoms with Crippen LogP contribution in [0.1, 0.15) is 11.1 Å². The Hall–Kier alpha value is -4.72. The van der Waals surface area contributed by atoms with Crippen molar-refractivity contribution < 1.29 is 33.7 Å². The van der Waals surface area contributed by atoms with Gasteiger partial charge in [0.05, 0.1) is 18.4 Å². The van der Waals surface area contributed by atoms with Gasteiger partial charge < -0.3 is 28.9 Å². The highest BCUT2D eigenvalue weighted by Gasteiger charge is 2.29. The van der Waals surface area contributed by atoms with Crippen LogP contribution < -0.4 is 10.2 Å². The molecule has 0 saturated carbocycles. The van der Waals surface area contributed by atoms with Gasteiger partial charge in [-0.3, -0.25) is 9.59 Å². The van der Waals surface area contributed by atoms with E-state index in [4.69, 9.17) is 13.6 Å². The molecule has 0 unspecified atom stereocenters. The second kappa shape index (κ2) is 7.66. The van der Waals surface area contributed by atoms with E-state index < -0.39 is 29.3 Å². The minimum atomic E-state index is -1.14. The molecule has 3 aromatic carbocycles. The molecule has 6 rings (SSSR count). The largest absolute Gasteiger partial charge is 0.504 e. The molecule has 0 aliphatic carbocycles. The van der Waals surface area contributed by atoms with Crippen molar-refractivity contribution in [2.24, 2.45) is 0 Å². The Kier molecular flexibility index (Phi) is 4.57. The Balaban J connectivity index is 1.73. The van der Waals surface area contributed by atoms with Crippen molar-refractivity contribution in [1.29, 1.82) is 0 Å². The van der Waals surface area contributed by atoms with Crippen LogP contribution in [-0.4, -0.2) is 27.9 Å². The van der Waals surface area contributed by atoms with Crippen LogP contribution in [0.5, 0.6) is 17.2 Å². The third-order valence-corrected chi connectivity index (χ3v) is 6.20. The normalized spacial score (nSPS) is 12.7. The minimum absolute atomic E-state index is 0.0580. The summed E-state index contributed by atoms with van der Waals surface area (Å²) >= 11 is 0. The molecular formula is C27H18O8. The average Bonchev–Trinajstić information content (AvgIpc) is 3.47. The fourth-order valence-electron chi connectivity index (χ4n) is 4.62. The number of phenols is 2. The average molecular weight is 470 g/mol. The first-order valence-electron chi connectivity index (χ1n) is 10.9. The molecule has 8 nitrogen and oxygen atoms in total. The molecule has 0 fully saturated rings. The van der Waals surface area contributed by atoms with E-state index in [-0.39, 0.29) is 39.0 Å². The van der Waals surface area contributed by atoms with Gasteiger partial charge in [0.25, 0.3) is 0 Å². The van der Waals surface area contributed by atoms with Crippen LogP contribution >= 0.6 is 0 Å². The molecule has 5 aromatic rings. The monoisotopic (exact) mass is 470 g/mol. The number of rotatable bonds is 4. The Morgan fingerprint density at radius 3 is 2.46 bits per heavy atom. The molecule has 2 aromatic heterocycles. The SMILES string of the molecule is O=C(O)Cc1c(-c2ccc3c(c2)CCO3)oc2c(O)c(O)c3c(=O)cc(-c4ccccc4)oc3c12.